The molecule has 6 heteroatoms. The van der Waals surface area contributed by atoms with Crippen molar-refractivity contribution in [1.29, 1.82) is 0 Å². The van der Waals surface area contributed by atoms with Crippen molar-refractivity contribution < 1.29 is 4.79 Å². The molecule has 0 fully saturated rings. The summed E-state index contributed by atoms with van der Waals surface area (Å²) in [5, 5.41) is 2.83. The number of nitrogens with zero attached hydrogens (tertiary/aromatic N) is 1. The Balaban J connectivity index is 1.97. The second-order valence-corrected chi connectivity index (χ2v) is 4.80. The number of benzene rings is 1. The zero-order valence-electron chi connectivity index (χ0n) is 10.1. The van der Waals surface area contributed by atoms with Crippen LogP contribution in [0.4, 0.5) is 5.82 Å². The number of hydrogen-bond acceptors (Lipinski definition) is 4. The number of aromatic nitrogens is 1. The highest BCUT2D eigenvalue weighted by Gasteiger charge is 2.05. The van der Waals surface area contributed by atoms with Crippen molar-refractivity contribution >= 4 is 27.7 Å². The molecule has 4 N–H and O–H groups in total. The van der Waals surface area contributed by atoms with Crippen molar-refractivity contribution in [1.82, 2.24) is 10.3 Å². The summed E-state index contributed by atoms with van der Waals surface area (Å²) in [4.78, 5) is 15.9. The quantitative estimate of drug-likeness (QED) is 0.595. The molecule has 0 saturated carbocycles. The van der Waals surface area contributed by atoms with Gasteiger partial charge in [0, 0.05) is 17.2 Å². The predicted octanol–water partition coefficient (Wildman–Crippen LogP) is 2.06. The zero-order chi connectivity index (χ0) is 13.7. The molecule has 1 aromatic carbocycles. The first-order valence-corrected chi connectivity index (χ1v) is 6.43. The summed E-state index contributed by atoms with van der Waals surface area (Å²) in [6.07, 6.45) is 1.48. The largest absolute Gasteiger partial charge is 0.348 e. The van der Waals surface area contributed by atoms with Crippen LogP contribution in [0.5, 0.6) is 0 Å². The lowest BCUT2D eigenvalue weighted by molar-refractivity contribution is 0.0950. The van der Waals surface area contributed by atoms with E-state index in [9.17, 15) is 4.79 Å². The van der Waals surface area contributed by atoms with Crippen molar-refractivity contribution in [2.45, 2.75) is 6.54 Å². The van der Waals surface area contributed by atoms with E-state index < -0.39 is 0 Å². The third-order valence-electron chi connectivity index (χ3n) is 2.52. The molecule has 19 heavy (non-hydrogen) atoms. The minimum atomic E-state index is -0.170. The molecule has 2 aromatic rings. The van der Waals surface area contributed by atoms with Crippen LogP contribution in [0.2, 0.25) is 0 Å². The first-order valence-electron chi connectivity index (χ1n) is 5.64. The van der Waals surface area contributed by atoms with Gasteiger partial charge in [-0.3, -0.25) is 4.79 Å². The zero-order valence-corrected chi connectivity index (χ0v) is 11.6. The normalized spacial score (nSPS) is 10.0. The molecule has 0 unspecified atom stereocenters. The second-order valence-electron chi connectivity index (χ2n) is 3.89. The Labute approximate surface area is 119 Å². The van der Waals surface area contributed by atoms with E-state index in [1.54, 1.807) is 12.1 Å². The number of carbonyl (C=O) groups is 1. The number of nitrogens with two attached hydrogens (primary N) is 1. The number of pyridine rings is 1. The van der Waals surface area contributed by atoms with Gasteiger partial charge in [0.2, 0.25) is 0 Å². The number of anilines is 1. The fourth-order valence-electron chi connectivity index (χ4n) is 1.54. The SMILES string of the molecule is NNc1ccc(C(=O)NCc2cccc(Br)c2)cn1. The van der Waals surface area contributed by atoms with Gasteiger partial charge in [-0.05, 0) is 29.8 Å². The molecule has 1 aromatic heterocycles. The molecular weight excluding hydrogens is 308 g/mol. The van der Waals surface area contributed by atoms with Gasteiger partial charge >= 0.3 is 0 Å². The molecule has 98 valence electrons. The summed E-state index contributed by atoms with van der Waals surface area (Å²) in [5.74, 6) is 5.55. The summed E-state index contributed by atoms with van der Waals surface area (Å²) >= 11 is 3.39. The summed E-state index contributed by atoms with van der Waals surface area (Å²) in [6, 6.07) is 11.1. The number of hydrogen-bond donors (Lipinski definition) is 3. The van der Waals surface area contributed by atoms with Crippen LogP contribution in [0.1, 0.15) is 15.9 Å². The van der Waals surface area contributed by atoms with Gasteiger partial charge in [0.15, 0.2) is 0 Å². The molecule has 0 aliphatic heterocycles. The summed E-state index contributed by atoms with van der Waals surface area (Å²) in [5.41, 5.74) is 3.93. The fourth-order valence-corrected chi connectivity index (χ4v) is 1.99. The van der Waals surface area contributed by atoms with Gasteiger partial charge in [0.1, 0.15) is 5.82 Å². The van der Waals surface area contributed by atoms with E-state index in [2.05, 4.69) is 31.7 Å². The average molecular weight is 321 g/mol. The average Bonchev–Trinajstić information content (AvgIpc) is 2.45. The Kier molecular flexibility index (Phi) is 4.48. The van der Waals surface area contributed by atoms with Crippen molar-refractivity contribution in [3.63, 3.8) is 0 Å². The number of rotatable bonds is 4. The Morgan fingerprint density at radius 1 is 1.32 bits per heavy atom. The van der Waals surface area contributed by atoms with Crippen LogP contribution in [0.15, 0.2) is 47.1 Å². The topological polar surface area (TPSA) is 80.0 Å². The Morgan fingerprint density at radius 2 is 2.16 bits per heavy atom. The molecule has 0 spiro atoms. The van der Waals surface area contributed by atoms with Gasteiger partial charge in [-0.2, -0.15) is 0 Å². The molecule has 1 heterocycles. The van der Waals surface area contributed by atoms with E-state index in [1.165, 1.54) is 6.20 Å². The molecule has 1 amide bonds. The predicted molar refractivity (Wildman–Crippen MR) is 77.4 cm³/mol. The van der Waals surface area contributed by atoms with Gasteiger partial charge in [-0.1, -0.05) is 28.1 Å². The van der Waals surface area contributed by atoms with Gasteiger partial charge in [0.25, 0.3) is 5.91 Å². The maximum atomic E-state index is 11.9. The van der Waals surface area contributed by atoms with Crippen LogP contribution < -0.4 is 16.6 Å². The van der Waals surface area contributed by atoms with E-state index in [0.29, 0.717) is 17.9 Å². The van der Waals surface area contributed by atoms with Crippen LogP contribution in [-0.4, -0.2) is 10.9 Å². The highest BCUT2D eigenvalue weighted by Crippen LogP contribution is 2.11. The number of halogens is 1. The van der Waals surface area contributed by atoms with E-state index in [1.807, 2.05) is 24.3 Å². The van der Waals surface area contributed by atoms with Crippen LogP contribution in [0, 0.1) is 0 Å². The molecule has 0 radical (unpaired) electrons. The van der Waals surface area contributed by atoms with Crippen LogP contribution in [0.25, 0.3) is 0 Å². The summed E-state index contributed by atoms with van der Waals surface area (Å²) in [6.45, 7) is 0.467. The highest BCUT2D eigenvalue weighted by molar-refractivity contribution is 9.10. The first kappa shape index (κ1) is 13.5. The van der Waals surface area contributed by atoms with Gasteiger partial charge in [-0.15, -0.1) is 0 Å². The fraction of sp³-hybridized carbons (Fsp3) is 0.0769. The molecular formula is C13H13BrN4O. The molecule has 5 nitrogen and oxygen atoms in total. The highest BCUT2D eigenvalue weighted by atomic mass is 79.9. The minimum Gasteiger partial charge on any atom is -0.348 e. The van der Waals surface area contributed by atoms with Crippen molar-refractivity contribution in [2.24, 2.45) is 5.84 Å². The Hall–Kier alpha value is -1.92. The van der Waals surface area contributed by atoms with Crippen molar-refractivity contribution in [3.8, 4) is 0 Å². The molecule has 0 aliphatic rings. The van der Waals surface area contributed by atoms with Crippen molar-refractivity contribution in [2.75, 3.05) is 5.43 Å². The smallest absolute Gasteiger partial charge is 0.253 e. The third kappa shape index (κ3) is 3.77. The van der Waals surface area contributed by atoms with Crippen LogP contribution in [0.3, 0.4) is 0 Å². The summed E-state index contributed by atoms with van der Waals surface area (Å²) in [7, 11) is 0. The second kappa shape index (κ2) is 6.31. The maximum absolute atomic E-state index is 11.9. The maximum Gasteiger partial charge on any atom is 0.253 e. The Morgan fingerprint density at radius 3 is 2.79 bits per heavy atom. The van der Waals surface area contributed by atoms with Gasteiger partial charge < -0.3 is 10.7 Å². The molecule has 0 atom stereocenters. The molecule has 0 bridgehead atoms. The lowest BCUT2D eigenvalue weighted by atomic mass is 10.2. The Bertz CT molecular complexity index is 571. The van der Waals surface area contributed by atoms with Gasteiger partial charge in [0.05, 0.1) is 5.56 Å². The van der Waals surface area contributed by atoms with E-state index in [-0.39, 0.29) is 5.91 Å². The lowest BCUT2D eigenvalue weighted by Crippen LogP contribution is -2.23. The molecule has 2 rings (SSSR count). The van der Waals surface area contributed by atoms with Crippen LogP contribution in [-0.2, 0) is 6.54 Å². The minimum absolute atomic E-state index is 0.170. The number of nitrogen functional groups attached to an aromatic ring is 1. The van der Waals surface area contributed by atoms with Crippen molar-refractivity contribution in [3.05, 3.63) is 58.2 Å². The van der Waals surface area contributed by atoms with E-state index in [0.717, 1.165) is 10.0 Å². The molecule has 0 saturated heterocycles. The van der Waals surface area contributed by atoms with E-state index >= 15 is 0 Å². The lowest BCUT2D eigenvalue weighted by Gasteiger charge is -2.06. The number of nitrogens with one attached hydrogen (secondary N) is 2. The summed E-state index contributed by atoms with van der Waals surface area (Å²) < 4.78 is 0.985. The number of carbonyl (C=O) groups excluding carboxylic acids is 1. The number of amides is 1. The standard InChI is InChI=1S/C13H13BrN4O/c14-11-3-1-2-9(6-11)7-17-13(19)10-4-5-12(18-15)16-8-10/h1-6,8H,7,15H2,(H,16,18)(H,17,19). The number of hydrazine groups is 1. The van der Waals surface area contributed by atoms with Gasteiger partial charge in [-0.25, -0.2) is 10.8 Å². The first-order chi connectivity index (χ1) is 9.19. The van der Waals surface area contributed by atoms with Crippen LogP contribution >= 0.6 is 15.9 Å². The third-order valence-corrected chi connectivity index (χ3v) is 3.01. The molecule has 0 aliphatic carbocycles. The van der Waals surface area contributed by atoms with E-state index in [4.69, 9.17) is 5.84 Å². The monoisotopic (exact) mass is 320 g/mol.